The highest BCUT2D eigenvalue weighted by Gasteiger charge is 2.12. The lowest BCUT2D eigenvalue weighted by molar-refractivity contribution is 0.234. The van der Waals surface area contributed by atoms with E-state index in [9.17, 15) is 0 Å². The Morgan fingerprint density at radius 1 is 1.53 bits per heavy atom. The van der Waals surface area contributed by atoms with Crippen molar-refractivity contribution in [3.8, 4) is 5.75 Å². The van der Waals surface area contributed by atoms with Crippen LogP contribution in [0.4, 0.5) is 0 Å². The number of aromatic nitrogens is 1. The average molecular weight is 233 g/mol. The predicted molar refractivity (Wildman–Crippen MR) is 65.9 cm³/mol. The maximum Gasteiger partial charge on any atom is 0.151 e. The summed E-state index contributed by atoms with van der Waals surface area (Å²) in [4.78, 5) is 0. The minimum Gasteiger partial charge on any atom is -0.497 e. The number of hydrogen-bond donors (Lipinski definition) is 3. The molecule has 5 nitrogen and oxygen atoms in total. The number of rotatable bonds is 3. The van der Waals surface area contributed by atoms with E-state index in [4.69, 9.17) is 15.4 Å². The number of amidine groups is 1. The van der Waals surface area contributed by atoms with E-state index in [2.05, 4.69) is 0 Å². The number of nitrogens with one attached hydrogen (secondary N) is 2. The highest BCUT2D eigenvalue weighted by Crippen LogP contribution is 2.25. The summed E-state index contributed by atoms with van der Waals surface area (Å²) in [5.74, 6) is 0.771. The van der Waals surface area contributed by atoms with Gasteiger partial charge in [-0.1, -0.05) is 0 Å². The Balaban J connectivity index is 2.68. The zero-order valence-electron chi connectivity index (χ0n) is 9.82. The van der Waals surface area contributed by atoms with Crippen molar-refractivity contribution < 1.29 is 9.94 Å². The van der Waals surface area contributed by atoms with Crippen LogP contribution in [0.15, 0.2) is 24.4 Å². The molecule has 2 aromatic rings. The van der Waals surface area contributed by atoms with Gasteiger partial charge in [-0.3, -0.25) is 16.1 Å². The summed E-state index contributed by atoms with van der Waals surface area (Å²) in [6, 6.07) is 5.66. The second-order valence-electron chi connectivity index (χ2n) is 3.70. The fraction of sp³-hybridized carbons (Fsp3) is 0.250. The van der Waals surface area contributed by atoms with Gasteiger partial charge in [0.05, 0.1) is 12.6 Å². The molecule has 1 aromatic heterocycles. The van der Waals surface area contributed by atoms with Crippen LogP contribution in [0, 0.1) is 5.41 Å². The predicted octanol–water partition coefficient (Wildman–Crippen LogP) is 1.97. The van der Waals surface area contributed by atoms with Gasteiger partial charge in [-0.05, 0) is 19.1 Å². The standard InChI is InChI=1S/C12H15N3O2/c1-3-15-7-10(12(13)14-16)9-5-4-8(17-2)6-11(9)15/h4-7,16H,3H2,1-2H3,(H2,13,14). The summed E-state index contributed by atoms with van der Waals surface area (Å²) in [7, 11) is 1.62. The van der Waals surface area contributed by atoms with Crippen molar-refractivity contribution in [1.82, 2.24) is 10.0 Å². The zero-order valence-corrected chi connectivity index (χ0v) is 9.82. The number of fused-ring (bicyclic) bond motifs is 1. The van der Waals surface area contributed by atoms with Gasteiger partial charge in [0, 0.05) is 29.8 Å². The molecule has 0 bridgehead atoms. The third-order valence-corrected chi connectivity index (χ3v) is 2.81. The Hall–Kier alpha value is -2.01. The molecule has 0 saturated heterocycles. The zero-order chi connectivity index (χ0) is 12.4. The highest BCUT2D eigenvalue weighted by molar-refractivity contribution is 6.08. The van der Waals surface area contributed by atoms with E-state index < -0.39 is 0 Å². The molecule has 1 aromatic carbocycles. The van der Waals surface area contributed by atoms with Crippen molar-refractivity contribution in [3.05, 3.63) is 30.0 Å². The van der Waals surface area contributed by atoms with Crippen molar-refractivity contribution in [2.45, 2.75) is 13.5 Å². The second kappa shape index (κ2) is 4.47. The lowest BCUT2D eigenvalue weighted by atomic mass is 10.1. The molecule has 0 unspecified atom stereocenters. The summed E-state index contributed by atoms with van der Waals surface area (Å²) in [6.45, 7) is 2.82. The van der Waals surface area contributed by atoms with Crippen LogP contribution < -0.4 is 10.2 Å². The summed E-state index contributed by atoms with van der Waals surface area (Å²) in [6.07, 6.45) is 1.84. The van der Waals surface area contributed by atoms with Crippen LogP contribution in [-0.4, -0.2) is 22.7 Å². The number of ether oxygens (including phenoxy) is 1. The molecule has 17 heavy (non-hydrogen) atoms. The largest absolute Gasteiger partial charge is 0.497 e. The lowest BCUT2D eigenvalue weighted by Crippen LogP contribution is -2.18. The molecule has 0 fully saturated rings. The Bertz CT molecular complexity index is 560. The quantitative estimate of drug-likeness (QED) is 0.431. The van der Waals surface area contributed by atoms with Crippen LogP contribution in [0.2, 0.25) is 0 Å². The van der Waals surface area contributed by atoms with Gasteiger partial charge in [-0.25, -0.2) is 0 Å². The average Bonchev–Trinajstić information content (AvgIpc) is 2.75. The third kappa shape index (κ3) is 1.85. The highest BCUT2D eigenvalue weighted by atomic mass is 16.5. The van der Waals surface area contributed by atoms with Gasteiger partial charge in [0.1, 0.15) is 5.75 Å². The topological polar surface area (TPSA) is 70.3 Å². The number of hydroxylamine groups is 1. The molecule has 3 N–H and O–H groups in total. The molecule has 0 radical (unpaired) electrons. The molecule has 0 atom stereocenters. The molecule has 2 rings (SSSR count). The van der Waals surface area contributed by atoms with Gasteiger partial charge >= 0.3 is 0 Å². The Morgan fingerprint density at radius 2 is 2.29 bits per heavy atom. The maximum atomic E-state index is 8.82. The summed E-state index contributed by atoms with van der Waals surface area (Å²) >= 11 is 0. The van der Waals surface area contributed by atoms with E-state index in [0.717, 1.165) is 23.2 Å². The Labute approximate surface area is 99.1 Å². The molecule has 0 spiro atoms. The number of nitrogens with zero attached hydrogens (tertiary/aromatic N) is 1. The molecule has 5 heteroatoms. The van der Waals surface area contributed by atoms with Crippen molar-refractivity contribution in [3.63, 3.8) is 0 Å². The summed E-state index contributed by atoms with van der Waals surface area (Å²) in [5.41, 5.74) is 3.54. The number of methoxy groups -OCH3 is 1. The molecular weight excluding hydrogens is 218 g/mol. The smallest absolute Gasteiger partial charge is 0.151 e. The molecule has 0 aliphatic carbocycles. The van der Waals surface area contributed by atoms with E-state index in [1.807, 2.05) is 41.4 Å². The molecule has 0 aliphatic rings. The van der Waals surface area contributed by atoms with Gasteiger partial charge in [0.15, 0.2) is 5.84 Å². The molecule has 0 aliphatic heterocycles. The van der Waals surface area contributed by atoms with E-state index in [-0.39, 0.29) is 5.84 Å². The first-order valence-corrected chi connectivity index (χ1v) is 5.37. The minimum absolute atomic E-state index is 0.00707. The number of aryl methyl sites for hydroxylation is 1. The first kappa shape index (κ1) is 11.5. The molecule has 90 valence electrons. The van der Waals surface area contributed by atoms with E-state index in [0.29, 0.717) is 5.56 Å². The minimum atomic E-state index is -0.00707. The Kier molecular flexibility index (Phi) is 3.01. The fourth-order valence-electron chi connectivity index (χ4n) is 1.92. The summed E-state index contributed by atoms with van der Waals surface area (Å²) < 4.78 is 7.20. The number of hydrogen-bond acceptors (Lipinski definition) is 3. The van der Waals surface area contributed by atoms with E-state index in [1.165, 1.54) is 0 Å². The Morgan fingerprint density at radius 3 is 2.88 bits per heavy atom. The molecule has 0 amide bonds. The van der Waals surface area contributed by atoms with Crippen molar-refractivity contribution in [1.29, 1.82) is 5.41 Å². The van der Waals surface area contributed by atoms with Crippen LogP contribution in [0.25, 0.3) is 10.9 Å². The fourth-order valence-corrected chi connectivity index (χ4v) is 1.92. The van der Waals surface area contributed by atoms with Crippen molar-refractivity contribution in [2.24, 2.45) is 0 Å². The van der Waals surface area contributed by atoms with Gasteiger partial charge in [-0.2, -0.15) is 0 Å². The normalized spacial score (nSPS) is 10.5. The lowest BCUT2D eigenvalue weighted by Gasteiger charge is -2.03. The first-order chi connectivity index (χ1) is 8.21. The van der Waals surface area contributed by atoms with Gasteiger partial charge in [0.2, 0.25) is 0 Å². The SMILES string of the molecule is CCn1cc(C(=N)NO)c2ccc(OC)cc21. The second-order valence-corrected chi connectivity index (χ2v) is 3.70. The van der Waals surface area contributed by atoms with Crippen LogP contribution in [0.5, 0.6) is 5.75 Å². The van der Waals surface area contributed by atoms with Crippen LogP contribution in [0.1, 0.15) is 12.5 Å². The molecule has 0 saturated carbocycles. The van der Waals surface area contributed by atoms with E-state index in [1.54, 1.807) is 7.11 Å². The van der Waals surface area contributed by atoms with Crippen molar-refractivity contribution >= 4 is 16.7 Å². The number of benzene rings is 1. The van der Waals surface area contributed by atoms with Gasteiger partial charge < -0.3 is 9.30 Å². The van der Waals surface area contributed by atoms with Crippen LogP contribution >= 0.6 is 0 Å². The van der Waals surface area contributed by atoms with Crippen LogP contribution in [-0.2, 0) is 6.54 Å². The summed E-state index contributed by atoms with van der Waals surface area (Å²) in [5, 5.41) is 17.4. The van der Waals surface area contributed by atoms with Crippen LogP contribution in [0.3, 0.4) is 0 Å². The monoisotopic (exact) mass is 233 g/mol. The van der Waals surface area contributed by atoms with Gasteiger partial charge in [-0.15, -0.1) is 0 Å². The van der Waals surface area contributed by atoms with Gasteiger partial charge in [0.25, 0.3) is 0 Å². The third-order valence-electron chi connectivity index (χ3n) is 2.81. The van der Waals surface area contributed by atoms with Crippen molar-refractivity contribution in [2.75, 3.05) is 7.11 Å². The maximum absolute atomic E-state index is 8.82. The van der Waals surface area contributed by atoms with E-state index >= 15 is 0 Å². The first-order valence-electron chi connectivity index (χ1n) is 5.37. The molecular formula is C12H15N3O2. The molecule has 1 heterocycles.